The third-order valence-corrected chi connectivity index (χ3v) is 5.66. The molecule has 0 bridgehead atoms. The van der Waals surface area contributed by atoms with Gasteiger partial charge in [0.1, 0.15) is 5.82 Å². The van der Waals surface area contributed by atoms with Crippen LogP contribution in [0.15, 0.2) is 53.3 Å². The highest BCUT2D eigenvalue weighted by Crippen LogP contribution is 2.34. The molecule has 1 amide bonds. The van der Waals surface area contributed by atoms with Gasteiger partial charge in [-0.1, -0.05) is 18.2 Å². The summed E-state index contributed by atoms with van der Waals surface area (Å²) in [4.78, 5) is 27.7. The second-order valence-electron chi connectivity index (χ2n) is 7.59. The Kier molecular flexibility index (Phi) is 4.54. The Balaban J connectivity index is 1.43. The molecule has 0 N–H and O–H groups in total. The normalized spacial score (nSPS) is 17.9. The Bertz CT molecular complexity index is 1150. The van der Waals surface area contributed by atoms with Gasteiger partial charge in [-0.2, -0.15) is 5.10 Å². The van der Waals surface area contributed by atoms with Crippen molar-refractivity contribution in [2.24, 2.45) is 7.05 Å². The van der Waals surface area contributed by atoms with Crippen molar-refractivity contribution in [3.8, 4) is 17.2 Å². The Morgan fingerprint density at radius 2 is 1.90 bits per heavy atom. The maximum absolute atomic E-state index is 13.1. The molecule has 1 aromatic heterocycles. The molecule has 1 atom stereocenters. The topological polar surface area (TPSA) is 78.6 Å². The van der Waals surface area contributed by atoms with E-state index < -0.39 is 0 Å². The summed E-state index contributed by atoms with van der Waals surface area (Å²) in [5.74, 6) is 1.87. The van der Waals surface area contributed by atoms with Crippen molar-refractivity contribution in [2.45, 2.75) is 18.8 Å². The summed E-state index contributed by atoms with van der Waals surface area (Å²) in [7, 11) is 1.66. The number of benzene rings is 2. The Labute approximate surface area is 173 Å². The van der Waals surface area contributed by atoms with Crippen molar-refractivity contribution in [1.82, 2.24) is 19.2 Å². The smallest absolute Gasteiger partial charge is 0.350 e. The lowest BCUT2D eigenvalue weighted by Crippen LogP contribution is -2.40. The van der Waals surface area contributed by atoms with Crippen LogP contribution >= 0.6 is 0 Å². The molecule has 8 heteroatoms. The molecule has 3 heterocycles. The molecule has 0 radical (unpaired) electrons. The lowest BCUT2D eigenvalue weighted by Gasteiger charge is -2.32. The van der Waals surface area contributed by atoms with Crippen LogP contribution < -0.4 is 15.2 Å². The first-order valence-corrected chi connectivity index (χ1v) is 10.0. The first-order chi connectivity index (χ1) is 14.6. The molecular weight excluding hydrogens is 384 g/mol. The van der Waals surface area contributed by atoms with E-state index in [-0.39, 0.29) is 24.3 Å². The Hall–Kier alpha value is -3.55. The van der Waals surface area contributed by atoms with Crippen LogP contribution in [0, 0.1) is 0 Å². The standard InChI is InChI=1S/C22H22N4O4/c1-24-22(28)26(17-7-3-2-4-8-17)20(23-24)16-6-5-11-25(13-16)21(27)15-9-10-18-19(12-15)30-14-29-18/h2-4,7-10,12,16H,5-6,11,13-14H2,1H3. The fourth-order valence-electron chi connectivity index (χ4n) is 4.15. The molecule has 1 fully saturated rings. The minimum Gasteiger partial charge on any atom is -0.454 e. The minimum absolute atomic E-state index is 0.0224. The van der Waals surface area contributed by atoms with Crippen LogP contribution in [0.1, 0.15) is 34.9 Å². The van der Waals surface area contributed by atoms with Crippen LogP contribution in [0.4, 0.5) is 0 Å². The molecule has 30 heavy (non-hydrogen) atoms. The Morgan fingerprint density at radius 1 is 1.10 bits per heavy atom. The molecule has 154 valence electrons. The summed E-state index contributed by atoms with van der Waals surface area (Å²) in [6.45, 7) is 1.36. The van der Waals surface area contributed by atoms with E-state index in [2.05, 4.69) is 5.10 Å². The number of rotatable bonds is 3. The predicted molar refractivity (Wildman–Crippen MR) is 109 cm³/mol. The number of amides is 1. The summed E-state index contributed by atoms with van der Waals surface area (Å²) in [5, 5.41) is 4.52. The number of likely N-dealkylation sites (tertiary alicyclic amines) is 1. The number of carbonyl (C=O) groups excluding carboxylic acids is 1. The van der Waals surface area contributed by atoms with Crippen molar-refractivity contribution in [2.75, 3.05) is 19.9 Å². The van der Waals surface area contributed by atoms with Crippen molar-refractivity contribution >= 4 is 5.91 Å². The zero-order valence-corrected chi connectivity index (χ0v) is 16.7. The van der Waals surface area contributed by atoms with Gasteiger partial charge >= 0.3 is 5.69 Å². The van der Waals surface area contributed by atoms with Gasteiger partial charge in [0.2, 0.25) is 6.79 Å². The monoisotopic (exact) mass is 406 g/mol. The van der Waals surface area contributed by atoms with Crippen LogP contribution in [0.3, 0.4) is 0 Å². The van der Waals surface area contributed by atoms with E-state index in [1.807, 2.05) is 35.2 Å². The van der Waals surface area contributed by atoms with Crippen molar-refractivity contribution < 1.29 is 14.3 Å². The van der Waals surface area contributed by atoms with Crippen molar-refractivity contribution in [3.05, 3.63) is 70.4 Å². The van der Waals surface area contributed by atoms with Gasteiger partial charge < -0.3 is 14.4 Å². The number of aryl methyl sites for hydroxylation is 1. The van der Waals surface area contributed by atoms with Crippen LogP contribution in [0.5, 0.6) is 11.5 Å². The molecule has 8 nitrogen and oxygen atoms in total. The van der Waals surface area contributed by atoms with Crippen LogP contribution in [0.25, 0.3) is 5.69 Å². The molecule has 1 saturated heterocycles. The SMILES string of the molecule is Cn1nc(C2CCCN(C(=O)c3ccc4c(c3)OCO4)C2)n(-c2ccccc2)c1=O. The number of hydrogen-bond donors (Lipinski definition) is 0. The van der Waals surface area contributed by atoms with E-state index in [9.17, 15) is 9.59 Å². The number of fused-ring (bicyclic) bond motifs is 1. The number of aromatic nitrogens is 3. The van der Waals surface area contributed by atoms with Gasteiger partial charge in [0, 0.05) is 31.6 Å². The van der Waals surface area contributed by atoms with Gasteiger partial charge in [-0.15, -0.1) is 0 Å². The lowest BCUT2D eigenvalue weighted by molar-refractivity contribution is 0.0703. The van der Waals surface area contributed by atoms with E-state index in [4.69, 9.17) is 9.47 Å². The maximum atomic E-state index is 13.1. The van der Waals surface area contributed by atoms with E-state index in [1.165, 1.54) is 4.68 Å². The molecule has 2 aliphatic heterocycles. The largest absolute Gasteiger partial charge is 0.454 e. The molecular formula is C22H22N4O4. The lowest BCUT2D eigenvalue weighted by atomic mass is 9.96. The van der Waals surface area contributed by atoms with Crippen molar-refractivity contribution in [3.63, 3.8) is 0 Å². The highest BCUT2D eigenvalue weighted by atomic mass is 16.7. The maximum Gasteiger partial charge on any atom is 0.350 e. The molecule has 0 aliphatic carbocycles. The van der Waals surface area contributed by atoms with Gasteiger partial charge in [-0.05, 0) is 43.2 Å². The zero-order chi connectivity index (χ0) is 20.7. The molecule has 2 aliphatic rings. The zero-order valence-electron chi connectivity index (χ0n) is 16.7. The van der Waals surface area contributed by atoms with Crippen molar-refractivity contribution in [1.29, 1.82) is 0 Å². The first kappa shape index (κ1) is 18.5. The first-order valence-electron chi connectivity index (χ1n) is 10.0. The minimum atomic E-state index is -0.185. The molecule has 0 spiro atoms. The fourth-order valence-corrected chi connectivity index (χ4v) is 4.15. The van der Waals surface area contributed by atoms with E-state index in [0.29, 0.717) is 36.0 Å². The number of carbonyl (C=O) groups is 1. The second kappa shape index (κ2) is 7.37. The summed E-state index contributed by atoms with van der Waals surface area (Å²) in [6.07, 6.45) is 1.72. The molecule has 1 unspecified atom stereocenters. The number of ether oxygens (including phenoxy) is 2. The number of nitrogens with zero attached hydrogens (tertiary/aromatic N) is 4. The third kappa shape index (κ3) is 3.14. The molecule has 0 saturated carbocycles. The Morgan fingerprint density at radius 3 is 2.73 bits per heavy atom. The third-order valence-electron chi connectivity index (χ3n) is 5.66. The average molecular weight is 406 g/mol. The number of piperidine rings is 1. The fraction of sp³-hybridized carbons (Fsp3) is 0.318. The quantitative estimate of drug-likeness (QED) is 0.667. The summed E-state index contributed by atoms with van der Waals surface area (Å²) in [6, 6.07) is 14.8. The van der Waals surface area contributed by atoms with E-state index in [1.54, 1.807) is 29.8 Å². The van der Waals surface area contributed by atoms with Gasteiger partial charge in [0.05, 0.1) is 5.69 Å². The summed E-state index contributed by atoms with van der Waals surface area (Å²) < 4.78 is 13.8. The van der Waals surface area contributed by atoms with Gasteiger partial charge in [0.25, 0.3) is 5.91 Å². The molecule has 5 rings (SSSR count). The highest BCUT2D eigenvalue weighted by Gasteiger charge is 2.30. The molecule has 2 aromatic carbocycles. The summed E-state index contributed by atoms with van der Waals surface area (Å²) in [5.41, 5.74) is 1.17. The molecule has 3 aromatic rings. The number of hydrogen-bond acceptors (Lipinski definition) is 5. The van der Waals surface area contributed by atoms with Crippen LogP contribution in [-0.4, -0.2) is 45.0 Å². The predicted octanol–water partition coefficient (Wildman–Crippen LogP) is 2.32. The van der Waals surface area contributed by atoms with Gasteiger partial charge in [-0.25, -0.2) is 14.0 Å². The van der Waals surface area contributed by atoms with E-state index in [0.717, 1.165) is 18.5 Å². The summed E-state index contributed by atoms with van der Waals surface area (Å²) >= 11 is 0. The highest BCUT2D eigenvalue weighted by molar-refractivity contribution is 5.95. The van der Waals surface area contributed by atoms with Crippen LogP contribution in [0.2, 0.25) is 0 Å². The second-order valence-corrected chi connectivity index (χ2v) is 7.59. The van der Waals surface area contributed by atoms with Crippen LogP contribution in [-0.2, 0) is 7.05 Å². The van der Waals surface area contributed by atoms with Gasteiger partial charge in [0.15, 0.2) is 11.5 Å². The average Bonchev–Trinajstić information content (AvgIpc) is 3.37. The number of para-hydroxylation sites is 1. The van der Waals surface area contributed by atoms with E-state index >= 15 is 0 Å². The van der Waals surface area contributed by atoms with Gasteiger partial charge in [-0.3, -0.25) is 4.79 Å².